The van der Waals surface area contributed by atoms with Gasteiger partial charge in [0.05, 0.1) is 18.5 Å². The molecule has 0 atom stereocenters. The van der Waals surface area contributed by atoms with Gasteiger partial charge in [0, 0.05) is 38.8 Å². The van der Waals surface area contributed by atoms with Gasteiger partial charge in [-0.3, -0.25) is 4.68 Å². The van der Waals surface area contributed by atoms with Gasteiger partial charge in [0.2, 0.25) is 5.95 Å². The Morgan fingerprint density at radius 1 is 1.47 bits per heavy atom. The molecule has 0 unspecified atom stereocenters. The maximum absolute atomic E-state index is 5.05. The number of imidazole rings is 1. The summed E-state index contributed by atoms with van der Waals surface area (Å²) >= 11 is 0. The zero-order chi connectivity index (χ0) is 12.1. The van der Waals surface area contributed by atoms with Crippen LogP contribution >= 0.6 is 0 Å². The number of hydrogen-bond acceptors (Lipinski definition) is 4. The third kappa shape index (κ3) is 2.85. The highest BCUT2D eigenvalue weighted by Gasteiger charge is 2.04. The van der Waals surface area contributed by atoms with Crippen LogP contribution in [0.25, 0.3) is 0 Å². The van der Waals surface area contributed by atoms with Gasteiger partial charge in [-0.15, -0.1) is 0 Å². The molecule has 0 fully saturated rings. The van der Waals surface area contributed by atoms with Crippen molar-refractivity contribution in [3.63, 3.8) is 0 Å². The van der Waals surface area contributed by atoms with Crippen molar-refractivity contribution in [1.82, 2.24) is 19.3 Å². The molecule has 0 aliphatic heterocycles. The third-order valence-corrected chi connectivity index (χ3v) is 2.47. The van der Waals surface area contributed by atoms with Gasteiger partial charge in [0.15, 0.2) is 0 Å². The van der Waals surface area contributed by atoms with E-state index < -0.39 is 0 Å². The topological polar surface area (TPSA) is 56.9 Å². The Labute approximate surface area is 100 Å². The van der Waals surface area contributed by atoms with Gasteiger partial charge in [0.25, 0.3) is 0 Å². The van der Waals surface area contributed by atoms with Gasteiger partial charge in [-0.2, -0.15) is 5.10 Å². The van der Waals surface area contributed by atoms with Crippen molar-refractivity contribution in [3.05, 3.63) is 24.8 Å². The normalized spacial score (nSPS) is 10.7. The van der Waals surface area contributed by atoms with E-state index in [9.17, 15) is 0 Å². The fraction of sp³-hybridized carbons (Fsp3) is 0.455. The summed E-state index contributed by atoms with van der Waals surface area (Å²) in [6.07, 6.45) is 7.43. The molecular formula is C11H17N5O. The Bertz CT molecular complexity index is 462. The molecule has 2 aromatic rings. The van der Waals surface area contributed by atoms with E-state index in [4.69, 9.17) is 4.74 Å². The lowest BCUT2D eigenvalue weighted by atomic mass is 10.5. The van der Waals surface area contributed by atoms with Crippen LogP contribution in [0.15, 0.2) is 24.8 Å². The Balaban J connectivity index is 2.04. The first-order valence-electron chi connectivity index (χ1n) is 5.63. The summed E-state index contributed by atoms with van der Waals surface area (Å²) in [6, 6.07) is 0. The van der Waals surface area contributed by atoms with Gasteiger partial charge in [-0.05, 0) is 6.92 Å². The largest absolute Gasteiger partial charge is 0.383 e. The molecule has 1 N–H and O–H groups in total. The molecule has 0 aromatic carbocycles. The van der Waals surface area contributed by atoms with Crippen LogP contribution in [0, 0.1) is 0 Å². The molecule has 0 spiro atoms. The average molecular weight is 235 g/mol. The molecule has 0 saturated heterocycles. The predicted molar refractivity (Wildman–Crippen MR) is 65.3 cm³/mol. The summed E-state index contributed by atoms with van der Waals surface area (Å²) in [5, 5.41) is 7.43. The van der Waals surface area contributed by atoms with Crippen molar-refractivity contribution < 1.29 is 4.74 Å². The molecule has 92 valence electrons. The minimum Gasteiger partial charge on any atom is -0.383 e. The summed E-state index contributed by atoms with van der Waals surface area (Å²) in [4.78, 5) is 4.26. The molecule has 2 rings (SSSR count). The van der Waals surface area contributed by atoms with Crippen molar-refractivity contribution in [3.8, 4) is 0 Å². The van der Waals surface area contributed by atoms with Crippen molar-refractivity contribution >= 4 is 11.6 Å². The lowest BCUT2D eigenvalue weighted by Crippen LogP contribution is -2.06. The second-order valence-electron chi connectivity index (χ2n) is 3.65. The number of ether oxygens (including phenoxy) is 1. The number of rotatable bonds is 6. The van der Waals surface area contributed by atoms with Crippen LogP contribution in [0.5, 0.6) is 0 Å². The highest BCUT2D eigenvalue weighted by atomic mass is 16.5. The van der Waals surface area contributed by atoms with Gasteiger partial charge in [0.1, 0.15) is 0 Å². The van der Waals surface area contributed by atoms with E-state index in [1.807, 2.05) is 21.6 Å². The highest BCUT2D eigenvalue weighted by Crippen LogP contribution is 2.13. The van der Waals surface area contributed by atoms with Crippen LogP contribution in [0.4, 0.5) is 11.6 Å². The van der Waals surface area contributed by atoms with Crippen LogP contribution in [-0.4, -0.2) is 33.0 Å². The van der Waals surface area contributed by atoms with Crippen LogP contribution in [0.1, 0.15) is 6.92 Å². The number of methoxy groups -OCH3 is 1. The molecule has 0 aliphatic rings. The molecule has 2 heterocycles. The highest BCUT2D eigenvalue weighted by molar-refractivity contribution is 5.50. The van der Waals surface area contributed by atoms with Crippen molar-refractivity contribution in [2.75, 3.05) is 19.0 Å². The molecule has 0 amide bonds. The lowest BCUT2D eigenvalue weighted by Gasteiger charge is -2.07. The molecule has 6 nitrogen and oxygen atoms in total. The Hall–Kier alpha value is -1.82. The van der Waals surface area contributed by atoms with Crippen molar-refractivity contribution in [2.24, 2.45) is 0 Å². The standard InChI is InChI=1S/C11H17N5O/c1-3-16-9-10(8-13-16)14-11-12-4-5-15(11)6-7-17-2/h4-5,8-9H,3,6-7H2,1-2H3,(H,12,14). The van der Waals surface area contributed by atoms with Crippen LogP contribution in [-0.2, 0) is 17.8 Å². The van der Waals surface area contributed by atoms with Crippen LogP contribution in [0.2, 0.25) is 0 Å². The van der Waals surface area contributed by atoms with Crippen molar-refractivity contribution in [2.45, 2.75) is 20.0 Å². The fourth-order valence-corrected chi connectivity index (χ4v) is 1.53. The number of nitrogens with zero attached hydrogens (tertiary/aromatic N) is 4. The lowest BCUT2D eigenvalue weighted by molar-refractivity contribution is 0.188. The van der Waals surface area contributed by atoms with E-state index >= 15 is 0 Å². The Morgan fingerprint density at radius 2 is 2.35 bits per heavy atom. The summed E-state index contributed by atoms with van der Waals surface area (Å²) in [7, 11) is 1.69. The van der Waals surface area contributed by atoms with Crippen LogP contribution < -0.4 is 5.32 Å². The van der Waals surface area contributed by atoms with E-state index in [0.717, 1.165) is 24.7 Å². The maximum atomic E-state index is 5.05. The second-order valence-corrected chi connectivity index (χ2v) is 3.65. The van der Waals surface area contributed by atoms with E-state index in [0.29, 0.717) is 6.61 Å². The minimum absolute atomic E-state index is 0.666. The Morgan fingerprint density at radius 3 is 3.06 bits per heavy atom. The van der Waals surface area contributed by atoms with E-state index in [1.54, 1.807) is 19.5 Å². The zero-order valence-electron chi connectivity index (χ0n) is 10.1. The number of aromatic nitrogens is 4. The summed E-state index contributed by atoms with van der Waals surface area (Å²) in [5.41, 5.74) is 0.941. The van der Waals surface area contributed by atoms with Gasteiger partial charge in [-0.1, -0.05) is 0 Å². The molecule has 6 heteroatoms. The van der Waals surface area contributed by atoms with Gasteiger partial charge >= 0.3 is 0 Å². The summed E-state index contributed by atoms with van der Waals surface area (Å²) in [6.45, 7) is 4.36. The smallest absolute Gasteiger partial charge is 0.207 e. The SMILES string of the molecule is CCn1cc(Nc2nccn2CCOC)cn1. The number of nitrogens with one attached hydrogen (secondary N) is 1. The number of anilines is 2. The molecule has 0 aliphatic carbocycles. The van der Waals surface area contributed by atoms with E-state index in [1.165, 1.54) is 0 Å². The average Bonchev–Trinajstić information content (AvgIpc) is 2.96. The molecular weight excluding hydrogens is 218 g/mol. The van der Waals surface area contributed by atoms with Gasteiger partial charge < -0.3 is 14.6 Å². The molecule has 0 radical (unpaired) electrons. The Kier molecular flexibility index (Phi) is 3.77. The molecule has 0 bridgehead atoms. The third-order valence-electron chi connectivity index (χ3n) is 2.47. The zero-order valence-corrected chi connectivity index (χ0v) is 10.1. The number of hydrogen-bond donors (Lipinski definition) is 1. The molecule has 0 saturated carbocycles. The van der Waals surface area contributed by atoms with E-state index in [-0.39, 0.29) is 0 Å². The fourth-order valence-electron chi connectivity index (χ4n) is 1.53. The number of aryl methyl sites for hydroxylation is 1. The molecule has 2 aromatic heterocycles. The first-order valence-corrected chi connectivity index (χ1v) is 5.63. The summed E-state index contributed by atoms with van der Waals surface area (Å²) < 4.78 is 8.92. The van der Waals surface area contributed by atoms with E-state index in [2.05, 4.69) is 22.3 Å². The monoisotopic (exact) mass is 235 g/mol. The van der Waals surface area contributed by atoms with Crippen LogP contribution in [0.3, 0.4) is 0 Å². The van der Waals surface area contributed by atoms with Crippen molar-refractivity contribution in [1.29, 1.82) is 0 Å². The first kappa shape index (κ1) is 11.7. The minimum atomic E-state index is 0.666. The predicted octanol–water partition coefficient (Wildman–Crippen LogP) is 1.49. The van der Waals surface area contributed by atoms with Gasteiger partial charge in [-0.25, -0.2) is 4.98 Å². The molecule has 17 heavy (non-hydrogen) atoms. The second kappa shape index (κ2) is 5.49. The maximum Gasteiger partial charge on any atom is 0.207 e. The first-order chi connectivity index (χ1) is 8.33. The quantitative estimate of drug-likeness (QED) is 0.824. The summed E-state index contributed by atoms with van der Waals surface area (Å²) in [5.74, 6) is 0.803.